The molecular formula is C26H38O12. The summed E-state index contributed by atoms with van der Waals surface area (Å²) in [4.78, 5) is 33.5. The lowest BCUT2D eigenvalue weighted by Gasteiger charge is -2.37. The molecule has 0 amide bonds. The number of carboxylic acid groups (broad SMARTS) is 2. The Kier molecular flexibility index (Phi) is 16.0. The molecule has 0 aliphatic carbocycles. The van der Waals surface area contributed by atoms with E-state index in [4.69, 9.17) is 19.7 Å². The number of unbranched alkanes of at least 4 members (excludes halogenated alkanes) is 2. The summed E-state index contributed by atoms with van der Waals surface area (Å²) < 4.78 is 9.81. The van der Waals surface area contributed by atoms with E-state index in [-0.39, 0.29) is 12.8 Å². The van der Waals surface area contributed by atoms with Gasteiger partial charge in [-0.05, 0) is 38.5 Å². The van der Waals surface area contributed by atoms with Crippen LogP contribution in [0.1, 0.15) is 51.4 Å². The van der Waals surface area contributed by atoms with Gasteiger partial charge in [-0.2, -0.15) is 0 Å². The highest BCUT2D eigenvalue weighted by Crippen LogP contribution is 2.23. The SMILES string of the molecule is O=C(O)CCC[C@H](O)\C=C/C=C/C=C/[C@H](O)C/C=C\CCCCC(=O)O[C@@H]1O[C@H](C(=O)O)[C@@H](O)[C@H](O)[C@H]1O. The quantitative estimate of drug-likeness (QED) is 0.0582. The predicted molar refractivity (Wildman–Crippen MR) is 134 cm³/mol. The van der Waals surface area contributed by atoms with Gasteiger partial charge >= 0.3 is 17.9 Å². The van der Waals surface area contributed by atoms with E-state index in [0.29, 0.717) is 38.5 Å². The van der Waals surface area contributed by atoms with Gasteiger partial charge in [0.15, 0.2) is 6.10 Å². The smallest absolute Gasteiger partial charge is 0.335 e. The predicted octanol–water partition coefficient (Wildman–Crippen LogP) is 0.574. The van der Waals surface area contributed by atoms with Crippen LogP contribution in [0.2, 0.25) is 0 Å². The number of aliphatic hydroxyl groups is 5. The molecule has 12 heteroatoms. The van der Waals surface area contributed by atoms with Gasteiger partial charge in [0.25, 0.3) is 0 Å². The van der Waals surface area contributed by atoms with Crippen LogP contribution in [0.4, 0.5) is 0 Å². The lowest BCUT2D eigenvalue weighted by molar-refractivity contribution is -0.286. The van der Waals surface area contributed by atoms with Crippen LogP contribution in [0.15, 0.2) is 48.6 Å². The molecular weight excluding hydrogens is 504 g/mol. The molecule has 1 heterocycles. The summed E-state index contributed by atoms with van der Waals surface area (Å²) in [6.45, 7) is 0. The van der Waals surface area contributed by atoms with Crippen LogP contribution in [-0.4, -0.2) is 96.6 Å². The maximum atomic E-state index is 12.0. The number of rotatable bonds is 17. The molecule has 0 saturated carbocycles. The van der Waals surface area contributed by atoms with Gasteiger partial charge < -0.3 is 45.2 Å². The Morgan fingerprint density at radius 2 is 1.45 bits per heavy atom. The van der Waals surface area contributed by atoms with E-state index in [1.165, 1.54) is 0 Å². The topological polar surface area (TPSA) is 211 Å². The Morgan fingerprint density at radius 1 is 0.789 bits per heavy atom. The van der Waals surface area contributed by atoms with Crippen molar-refractivity contribution < 1.29 is 59.6 Å². The van der Waals surface area contributed by atoms with Crippen LogP contribution in [0.5, 0.6) is 0 Å². The van der Waals surface area contributed by atoms with E-state index in [1.54, 1.807) is 42.5 Å². The molecule has 38 heavy (non-hydrogen) atoms. The second kappa shape index (κ2) is 18.4. The monoisotopic (exact) mass is 542 g/mol. The highest BCUT2D eigenvalue weighted by atomic mass is 16.7. The van der Waals surface area contributed by atoms with Crippen molar-refractivity contribution in [1.82, 2.24) is 0 Å². The number of hydrogen-bond donors (Lipinski definition) is 7. The van der Waals surface area contributed by atoms with Gasteiger partial charge in [-0.3, -0.25) is 9.59 Å². The highest BCUT2D eigenvalue weighted by molar-refractivity contribution is 5.73. The molecule has 1 fully saturated rings. The summed E-state index contributed by atoms with van der Waals surface area (Å²) in [6, 6.07) is 0. The maximum Gasteiger partial charge on any atom is 0.335 e. The number of allylic oxidation sites excluding steroid dienone is 5. The zero-order valence-electron chi connectivity index (χ0n) is 21.0. The third kappa shape index (κ3) is 13.6. The molecule has 0 spiro atoms. The Hall–Kier alpha value is -2.87. The second-order valence-electron chi connectivity index (χ2n) is 8.75. The fraction of sp³-hybridized carbons (Fsp3) is 0.577. The molecule has 0 aromatic heterocycles. The van der Waals surface area contributed by atoms with Crippen molar-refractivity contribution in [2.45, 2.75) is 94.3 Å². The van der Waals surface area contributed by atoms with Crippen molar-refractivity contribution in [3.63, 3.8) is 0 Å². The van der Waals surface area contributed by atoms with Crippen LogP contribution >= 0.6 is 0 Å². The molecule has 1 rings (SSSR count). The van der Waals surface area contributed by atoms with Crippen molar-refractivity contribution in [2.24, 2.45) is 0 Å². The van der Waals surface area contributed by atoms with Crippen LogP contribution in [0.25, 0.3) is 0 Å². The van der Waals surface area contributed by atoms with Crippen LogP contribution in [0, 0.1) is 0 Å². The number of carboxylic acids is 2. The summed E-state index contributed by atoms with van der Waals surface area (Å²) in [5.74, 6) is -3.21. The van der Waals surface area contributed by atoms with Crippen LogP contribution in [0.3, 0.4) is 0 Å². The molecule has 12 nitrogen and oxygen atoms in total. The Balaban J connectivity index is 2.20. The normalized spacial score (nSPS) is 25.9. The van der Waals surface area contributed by atoms with Gasteiger partial charge in [0.05, 0.1) is 12.2 Å². The minimum absolute atomic E-state index is 0.0177. The Morgan fingerprint density at radius 3 is 2.08 bits per heavy atom. The molecule has 0 aromatic rings. The molecule has 1 saturated heterocycles. The Bertz CT molecular complexity index is 849. The highest BCUT2D eigenvalue weighted by Gasteiger charge is 2.48. The number of carbonyl (C=O) groups excluding carboxylic acids is 1. The lowest BCUT2D eigenvalue weighted by atomic mass is 9.99. The van der Waals surface area contributed by atoms with Crippen LogP contribution < -0.4 is 0 Å². The van der Waals surface area contributed by atoms with E-state index in [1.807, 2.05) is 6.08 Å². The average molecular weight is 543 g/mol. The first-order valence-electron chi connectivity index (χ1n) is 12.4. The van der Waals surface area contributed by atoms with Gasteiger partial charge in [0.2, 0.25) is 6.29 Å². The summed E-state index contributed by atoms with van der Waals surface area (Å²) in [5, 5.41) is 66.4. The number of aliphatic hydroxyl groups excluding tert-OH is 5. The molecule has 214 valence electrons. The van der Waals surface area contributed by atoms with Crippen molar-refractivity contribution in [3.05, 3.63) is 48.6 Å². The van der Waals surface area contributed by atoms with Gasteiger partial charge in [0, 0.05) is 12.8 Å². The molecule has 7 atom stereocenters. The molecule has 1 aliphatic rings. The van der Waals surface area contributed by atoms with Crippen molar-refractivity contribution in [3.8, 4) is 0 Å². The number of carbonyl (C=O) groups is 3. The lowest BCUT2D eigenvalue weighted by Crippen LogP contribution is -2.60. The first kappa shape index (κ1) is 33.2. The van der Waals surface area contributed by atoms with E-state index in [0.717, 1.165) is 0 Å². The zero-order valence-corrected chi connectivity index (χ0v) is 21.0. The van der Waals surface area contributed by atoms with Gasteiger partial charge in [0.1, 0.15) is 18.3 Å². The maximum absolute atomic E-state index is 12.0. The number of ether oxygens (including phenoxy) is 2. The molecule has 1 aliphatic heterocycles. The first-order valence-corrected chi connectivity index (χ1v) is 12.4. The fourth-order valence-electron chi connectivity index (χ4n) is 3.37. The average Bonchev–Trinajstić information content (AvgIpc) is 2.85. The third-order valence-electron chi connectivity index (χ3n) is 5.50. The van der Waals surface area contributed by atoms with E-state index < -0.39 is 60.8 Å². The summed E-state index contributed by atoms with van der Waals surface area (Å²) in [7, 11) is 0. The summed E-state index contributed by atoms with van der Waals surface area (Å²) >= 11 is 0. The fourth-order valence-corrected chi connectivity index (χ4v) is 3.37. The van der Waals surface area contributed by atoms with Gasteiger partial charge in [-0.25, -0.2) is 4.79 Å². The van der Waals surface area contributed by atoms with Crippen molar-refractivity contribution in [1.29, 1.82) is 0 Å². The van der Waals surface area contributed by atoms with Crippen molar-refractivity contribution in [2.75, 3.05) is 0 Å². The summed E-state index contributed by atoms with van der Waals surface area (Å²) in [5.41, 5.74) is 0. The van der Waals surface area contributed by atoms with Gasteiger partial charge in [-0.15, -0.1) is 0 Å². The Labute approximate surface area is 220 Å². The van der Waals surface area contributed by atoms with Gasteiger partial charge in [-0.1, -0.05) is 48.6 Å². The second-order valence-corrected chi connectivity index (χ2v) is 8.75. The number of aliphatic carboxylic acids is 2. The van der Waals surface area contributed by atoms with Crippen molar-refractivity contribution >= 4 is 17.9 Å². The standard InChI is InChI=1S/C26H38O12/c27-17(12-7-4-5-8-13-18(28)14-10-15-19(29)30)11-6-2-1-3-9-16-20(31)37-26-23(34)21(32)22(33)24(38-26)25(35)36/h2,4-8,12-13,17-18,21-24,26-28,32-34H,1,3,9-11,14-16H2,(H,29,30)(H,35,36)/b5-4+,6-2-,12-7+,13-8-/t17-,18-,21+,22+,23-,24+,26-/m1/s1. The molecule has 0 bridgehead atoms. The largest absolute Gasteiger partial charge is 0.481 e. The zero-order chi connectivity index (χ0) is 28.5. The number of hydrogen-bond acceptors (Lipinski definition) is 10. The summed E-state index contributed by atoms with van der Waals surface area (Å²) in [6.07, 6.45) is 5.91. The van der Waals surface area contributed by atoms with Crippen LogP contribution in [-0.2, 0) is 23.9 Å². The number of esters is 1. The third-order valence-corrected chi connectivity index (χ3v) is 5.50. The molecule has 0 radical (unpaired) electrons. The van der Waals surface area contributed by atoms with E-state index in [2.05, 4.69) is 0 Å². The molecule has 0 unspecified atom stereocenters. The molecule has 0 aromatic carbocycles. The molecule has 7 N–H and O–H groups in total. The van der Waals surface area contributed by atoms with E-state index in [9.17, 15) is 39.9 Å². The minimum atomic E-state index is -1.86. The minimum Gasteiger partial charge on any atom is -0.481 e. The van der Waals surface area contributed by atoms with E-state index >= 15 is 0 Å². The first-order chi connectivity index (χ1) is 18.0.